The van der Waals surface area contributed by atoms with Crippen molar-refractivity contribution in [3.63, 3.8) is 0 Å². The lowest BCUT2D eigenvalue weighted by molar-refractivity contribution is -0.0587. The lowest BCUT2D eigenvalue weighted by Crippen LogP contribution is -2.48. The molecule has 23 heavy (non-hydrogen) atoms. The number of morpholine rings is 1. The molecular formula is C16H16Cl2N2O3. The molecule has 1 aromatic heterocycles. The van der Waals surface area contributed by atoms with Crippen LogP contribution in [0.4, 0.5) is 0 Å². The average Bonchev–Trinajstić information content (AvgIpc) is 2.98. The van der Waals surface area contributed by atoms with Crippen LogP contribution in [-0.4, -0.2) is 41.1 Å². The molecule has 0 radical (unpaired) electrons. The molecule has 1 amide bonds. The Morgan fingerprint density at radius 3 is 2.57 bits per heavy atom. The van der Waals surface area contributed by atoms with E-state index in [1.54, 1.807) is 23.1 Å². The molecule has 0 bridgehead atoms. The minimum atomic E-state index is -0.165. The number of hydrogen-bond acceptors (Lipinski definition) is 4. The van der Waals surface area contributed by atoms with Crippen LogP contribution in [0.3, 0.4) is 0 Å². The van der Waals surface area contributed by atoms with Gasteiger partial charge in [0.2, 0.25) is 5.89 Å². The van der Waals surface area contributed by atoms with E-state index in [1.165, 1.54) is 6.26 Å². The lowest BCUT2D eigenvalue weighted by Gasteiger charge is -2.34. The summed E-state index contributed by atoms with van der Waals surface area (Å²) in [6, 6.07) is 5.06. The zero-order chi connectivity index (χ0) is 16.6. The smallest absolute Gasteiger partial charge is 0.276 e. The van der Waals surface area contributed by atoms with Gasteiger partial charge in [-0.25, -0.2) is 4.98 Å². The van der Waals surface area contributed by atoms with E-state index in [2.05, 4.69) is 4.98 Å². The Morgan fingerprint density at radius 1 is 1.22 bits per heavy atom. The van der Waals surface area contributed by atoms with Gasteiger partial charge in [0.15, 0.2) is 5.69 Å². The predicted molar refractivity (Wildman–Crippen MR) is 87.9 cm³/mol. The third-order valence-corrected chi connectivity index (χ3v) is 4.34. The van der Waals surface area contributed by atoms with Crippen molar-refractivity contribution in [3.8, 4) is 11.5 Å². The third kappa shape index (κ3) is 3.52. The second-order valence-corrected chi connectivity index (χ2v) is 6.45. The number of rotatable bonds is 2. The number of benzene rings is 1. The number of ether oxygens (including phenoxy) is 1. The molecule has 0 N–H and O–H groups in total. The topological polar surface area (TPSA) is 55.6 Å². The fourth-order valence-electron chi connectivity index (χ4n) is 2.64. The molecule has 7 heteroatoms. The quantitative estimate of drug-likeness (QED) is 0.820. The van der Waals surface area contributed by atoms with E-state index >= 15 is 0 Å². The van der Waals surface area contributed by atoms with Crippen LogP contribution in [0.1, 0.15) is 24.3 Å². The summed E-state index contributed by atoms with van der Waals surface area (Å²) in [6.45, 7) is 4.97. The first-order valence-electron chi connectivity index (χ1n) is 7.29. The van der Waals surface area contributed by atoms with Gasteiger partial charge in [-0.15, -0.1) is 0 Å². The standard InChI is InChI=1S/C16H16Cl2N2O3/c1-9-6-20(7-10(2)23-9)16(21)14-8-22-15(19-14)11-3-4-12(17)13(18)5-11/h3-5,8-10H,6-7H2,1-2H3. The molecule has 5 nitrogen and oxygen atoms in total. The fourth-order valence-corrected chi connectivity index (χ4v) is 2.94. The normalized spacial score (nSPS) is 21.5. The predicted octanol–water partition coefficient (Wildman–Crippen LogP) is 3.90. The van der Waals surface area contributed by atoms with Crippen molar-refractivity contribution in [2.45, 2.75) is 26.1 Å². The molecule has 2 atom stereocenters. The van der Waals surface area contributed by atoms with E-state index in [-0.39, 0.29) is 23.8 Å². The zero-order valence-corrected chi connectivity index (χ0v) is 14.3. The molecule has 1 aromatic carbocycles. The van der Waals surface area contributed by atoms with Crippen molar-refractivity contribution >= 4 is 29.1 Å². The molecule has 0 spiro atoms. The van der Waals surface area contributed by atoms with Crippen molar-refractivity contribution in [2.24, 2.45) is 0 Å². The summed E-state index contributed by atoms with van der Waals surface area (Å²) >= 11 is 11.9. The van der Waals surface area contributed by atoms with E-state index in [1.807, 2.05) is 13.8 Å². The number of hydrogen-bond donors (Lipinski definition) is 0. The molecule has 3 rings (SSSR count). The number of carbonyl (C=O) groups excluding carboxylic acids is 1. The molecule has 2 unspecified atom stereocenters. The van der Waals surface area contributed by atoms with Crippen LogP contribution in [-0.2, 0) is 4.74 Å². The number of aromatic nitrogens is 1. The molecule has 1 aliphatic heterocycles. The molecule has 122 valence electrons. The second-order valence-electron chi connectivity index (χ2n) is 5.63. The first-order valence-corrected chi connectivity index (χ1v) is 8.05. The molecule has 1 aliphatic rings. The second kappa shape index (κ2) is 6.51. The monoisotopic (exact) mass is 354 g/mol. The number of nitrogens with zero attached hydrogens (tertiary/aromatic N) is 2. The van der Waals surface area contributed by atoms with Crippen LogP contribution in [0.25, 0.3) is 11.5 Å². The summed E-state index contributed by atoms with van der Waals surface area (Å²) in [5, 5.41) is 0.862. The number of oxazole rings is 1. The van der Waals surface area contributed by atoms with E-state index in [0.29, 0.717) is 34.6 Å². The minimum absolute atomic E-state index is 0.00384. The highest BCUT2D eigenvalue weighted by molar-refractivity contribution is 6.42. The van der Waals surface area contributed by atoms with Crippen LogP contribution >= 0.6 is 23.2 Å². The van der Waals surface area contributed by atoms with Gasteiger partial charge in [0, 0.05) is 18.7 Å². The third-order valence-electron chi connectivity index (χ3n) is 3.60. The maximum absolute atomic E-state index is 12.6. The minimum Gasteiger partial charge on any atom is -0.444 e. The number of carbonyl (C=O) groups is 1. The Labute approximate surface area is 144 Å². The molecule has 2 aromatic rings. The largest absolute Gasteiger partial charge is 0.444 e. The zero-order valence-electron chi connectivity index (χ0n) is 12.8. The van der Waals surface area contributed by atoms with Crippen molar-refractivity contribution in [3.05, 3.63) is 40.2 Å². The van der Waals surface area contributed by atoms with Gasteiger partial charge in [0.05, 0.1) is 22.3 Å². The SMILES string of the molecule is CC1CN(C(=O)c2coc(-c3ccc(Cl)c(Cl)c3)n2)CC(C)O1. The highest BCUT2D eigenvalue weighted by Crippen LogP contribution is 2.28. The van der Waals surface area contributed by atoms with Gasteiger partial charge in [-0.05, 0) is 32.0 Å². The van der Waals surface area contributed by atoms with E-state index in [0.717, 1.165) is 0 Å². The summed E-state index contributed by atoms with van der Waals surface area (Å²) in [5.41, 5.74) is 0.939. The summed E-state index contributed by atoms with van der Waals surface area (Å²) in [5.74, 6) is 0.170. The Hall–Kier alpha value is -1.56. The molecule has 1 saturated heterocycles. The average molecular weight is 355 g/mol. The van der Waals surface area contributed by atoms with E-state index < -0.39 is 0 Å². The molecule has 0 saturated carbocycles. The van der Waals surface area contributed by atoms with Gasteiger partial charge < -0.3 is 14.1 Å². The summed E-state index contributed by atoms with van der Waals surface area (Å²) in [4.78, 5) is 18.6. The van der Waals surface area contributed by atoms with Crippen LogP contribution in [0, 0.1) is 0 Å². The summed E-state index contributed by atoms with van der Waals surface area (Å²) < 4.78 is 11.1. The highest BCUT2D eigenvalue weighted by Gasteiger charge is 2.28. The first kappa shape index (κ1) is 16.3. The van der Waals surface area contributed by atoms with Gasteiger partial charge in [0.1, 0.15) is 6.26 Å². The molecule has 2 heterocycles. The van der Waals surface area contributed by atoms with Crippen molar-refractivity contribution < 1.29 is 13.9 Å². The highest BCUT2D eigenvalue weighted by atomic mass is 35.5. The van der Waals surface area contributed by atoms with E-state index in [9.17, 15) is 4.79 Å². The Kier molecular flexibility index (Phi) is 4.62. The van der Waals surface area contributed by atoms with Crippen molar-refractivity contribution in [1.82, 2.24) is 9.88 Å². The van der Waals surface area contributed by atoms with Crippen LogP contribution in [0.15, 0.2) is 28.9 Å². The van der Waals surface area contributed by atoms with Gasteiger partial charge in [0.25, 0.3) is 5.91 Å². The molecule has 0 aliphatic carbocycles. The first-order chi connectivity index (χ1) is 10.9. The van der Waals surface area contributed by atoms with Crippen LogP contribution in [0.2, 0.25) is 10.0 Å². The number of amides is 1. The van der Waals surface area contributed by atoms with Gasteiger partial charge in [-0.2, -0.15) is 0 Å². The summed E-state index contributed by atoms with van der Waals surface area (Å²) in [7, 11) is 0. The van der Waals surface area contributed by atoms with Gasteiger partial charge in [-0.3, -0.25) is 4.79 Å². The number of halogens is 2. The summed E-state index contributed by atoms with van der Waals surface area (Å²) in [6.07, 6.45) is 1.37. The lowest BCUT2D eigenvalue weighted by atomic mass is 10.2. The Balaban J connectivity index is 1.81. The molecular weight excluding hydrogens is 339 g/mol. The Morgan fingerprint density at radius 2 is 1.91 bits per heavy atom. The Bertz CT molecular complexity index is 722. The van der Waals surface area contributed by atoms with Crippen molar-refractivity contribution in [2.75, 3.05) is 13.1 Å². The van der Waals surface area contributed by atoms with Gasteiger partial charge >= 0.3 is 0 Å². The maximum atomic E-state index is 12.6. The van der Waals surface area contributed by atoms with Crippen LogP contribution in [0.5, 0.6) is 0 Å². The van der Waals surface area contributed by atoms with Crippen LogP contribution < -0.4 is 0 Å². The fraction of sp³-hybridized carbons (Fsp3) is 0.375. The van der Waals surface area contributed by atoms with Crippen molar-refractivity contribution in [1.29, 1.82) is 0 Å². The maximum Gasteiger partial charge on any atom is 0.276 e. The molecule has 1 fully saturated rings. The van der Waals surface area contributed by atoms with Gasteiger partial charge in [-0.1, -0.05) is 23.2 Å². The van der Waals surface area contributed by atoms with E-state index in [4.69, 9.17) is 32.4 Å².